The standard InChI is InChI=1S/C95H160O16P2/c1-4-7-10-13-16-19-22-25-28-31-34-37-40-42-44-46-49-51-54-57-60-63-66-69-72-75-78-81-93(98)105-84-90(96)85-107-112(101,102)108-86-91(97)87-109-113(103,104)110-89-92(111-95(100)83-80-77-74-71-68-65-62-59-56-53-48-39-36-33-30-27-24-21-18-15-12-9-6-3)88-106-94(99)82-79-76-73-70-67-64-61-58-55-52-50-47-45-43-41-38-35-32-29-26-23-20-17-14-11-8-5-2/h7,10,16-21,25-30,34-39,42-45,49,51,53,56,90-92,96-97H,4-6,8-9,11-15,22-24,31-33,40-41,46-48,50,52,54-55,57-89H2,1-3H3,(H,101,102)(H,103,104)/b10-7-,19-16-,20-17-,21-18-,28-25-,29-26-,30-27-,37-34-,38-35-,39-36-,44-42-,45-43-,51-49-,56-53-. The van der Waals surface area contributed by atoms with Crippen molar-refractivity contribution >= 4 is 33.6 Å². The third-order valence-electron chi connectivity index (χ3n) is 18.4. The van der Waals surface area contributed by atoms with Gasteiger partial charge in [0.2, 0.25) is 0 Å². The van der Waals surface area contributed by atoms with E-state index in [0.29, 0.717) is 19.3 Å². The summed E-state index contributed by atoms with van der Waals surface area (Å²) in [5.41, 5.74) is 0. The largest absolute Gasteiger partial charge is 0.472 e. The van der Waals surface area contributed by atoms with Crippen LogP contribution in [0.3, 0.4) is 0 Å². The first-order valence-corrected chi connectivity index (χ1v) is 47.4. The lowest BCUT2D eigenvalue weighted by Crippen LogP contribution is -2.30. The molecular weight excluding hydrogens is 1460 g/mol. The first-order chi connectivity index (χ1) is 55.2. The van der Waals surface area contributed by atoms with Crippen LogP contribution in [-0.4, -0.2) is 95.9 Å². The number of hydrogen-bond donors (Lipinski definition) is 4. The summed E-state index contributed by atoms with van der Waals surface area (Å²) in [7, 11) is -9.82. The second-order valence-corrected chi connectivity index (χ2v) is 32.2. The van der Waals surface area contributed by atoms with Crippen molar-refractivity contribution in [2.75, 3.05) is 39.6 Å². The zero-order valence-electron chi connectivity index (χ0n) is 71.0. The SMILES string of the molecule is CC/C=C\C/C=C\C/C=C\C/C=C\C/C=C\C/C=C\CCCCCCCCCCC(=O)OCC(O)COP(=O)(O)OCC(O)COP(=O)(O)OCC(COC(=O)CCCCCCCCCCCCC/C=C\C/C=C\C/C=C\C/C=C\CCCCC)OC(=O)CCCCCCCCC/C=C\C/C=C\C/C=C\C/C=C\CCCCC. The predicted octanol–water partition coefficient (Wildman–Crippen LogP) is 27.1. The van der Waals surface area contributed by atoms with E-state index >= 15 is 0 Å². The van der Waals surface area contributed by atoms with E-state index in [0.717, 1.165) is 186 Å². The number of rotatable bonds is 83. The van der Waals surface area contributed by atoms with Crippen LogP contribution < -0.4 is 0 Å². The minimum absolute atomic E-state index is 0.0868. The average molecular weight is 1620 g/mol. The van der Waals surface area contributed by atoms with Crippen molar-refractivity contribution in [1.82, 2.24) is 0 Å². The number of unbranched alkanes of at least 4 members (excludes halogenated alkanes) is 32. The molecule has 4 N–H and O–H groups in total. The third kappa shape index (κ3) is 87.6. The summed E-state index contributed by atoms with van der Waals surface area (Å²) in [5.74, 6) is -1.60. The predicted molar refractivity (Wildman–Crippen MR) is 472 cm³/mol. The minimum Gasteiger partial charge on any atom is -0.463 e. The lowest BCUT2D eigenvalue weighted by molar-refractivity contribution is -0.161. The molecule has 0 amide bonds. The van der Waals surface area contributed by atoms with Crippen molar-refractivity contribution in [3.05, 3.63) is 170 Å². The van der Waals surface area contributed by atoms with Crippen LogP contribution in [0.1, 0.15) is 355 Å². The van der Waals surface area contributed by atoms with Crippen LogP contribution in [0, 0.1) is 0 Å². The van der Waals surface area contributed by atoms with E-state index in [4.69, 9.17) is 32.3 Å². The van der Waals surface area contributed by atoms with E-state index in [1.165, 1.54) is 109 Å². The van der Waals surface area contributed by atoms with Crippen LogP contribution >= 0.6 is 15.6 Å². The van der Waals surface area contributed by atoms with Crippen LogP contribution in [0.2, 0.25) is 0 Å². The number of esters is 3. The van der Waals surface area contributed by atoms with Crippen molar-refractivity contribution in [3.63, 3.8) is 0 Å². The Hall–Kier alpha value is -5.09. The number of carbonyl (C=O) groups excluding carboxylic acids is 3. The van der Waals surface area contributed by atoms with Crippen molar-refractivity contribution in [1.29, 1.82) is 0 Å². The van der Waals surface area contributed by atoms with Gasteiger partial charge in [0.1, 0.15) is 25.4 Å². The highest BCUT2D eigenvalue weighted by Gasteiger charge is 2.29. The van der Waals surface area contributed by atoms with E-state index in [-0.39, 0.29) is 19.3 Å². The highest BCUT2D eigenvalue weighted by Crippen LogP contribution is 2.45. The first kappa shape index (κ1) is 108. The molecule has 0 aromatic carbocycles. The molecular formula is C95H160O16P2. The number of hydrogen-bond acceptors (Lipinski definition) is 14. The summed E-state index contributed by atoms with van der Waals surface area (Å²) >= 11 is 0. The third-order valence-corrected chi connectivity index (χ3v) is 20.3. The summed E-state index contributed by atoms with van der Waals surface area (Å²) in [6, 6.07) is 0. The van der Waals surface area contributed by atoms with Crippen molar-refractivity contribution in [2.45, 2.75) is 373 Å². The molecule has 0 aromatic heterocycles. The lowest BCUT2D eigenvalue weighted by atomic mass is 10.0. The Kier molecular flexibility index (Phi) is 82.4. The maximum atomic E-state index is 13.1. The molecule has 0 spiro atoms. The first-order valence-electron chi connectivity index (χ1n) is 44.4. The molecule has 16 nitrogen and oxygen atoms in total. The fraction of sp³-hybridized carbons (Fsp3) is 0.674. The van der Waals surface area contributed by atoms with E-state index in [2.05, 4.69) is 191 Å². The topological polar surface area (TPSA) is 231 Å². The summed E-state index contributed by atoms with van der Waals surface area (Å²) in [5, 5.41) is 20.7. The summed E-state index contributed by atoms with van der Waals surface area (Å²) in [4.78, 5) is 59.0. The Balaban J connectivity index is 4.70. The Bertz CT molecular complexity index is 2730. The van der Waals surface area contributed by atoms with Gasteiger partial charge < -0.3 is 34.2 Å². The molecule has 0 bridgehead atoms. The number of carbonyl (C=O) groups is 3. The van der Waals surface area contributed by atoms with Gasteiger partial charge in [0.25, 0.3) is 0 Å². The maximum Gasteiger partial charge on any atom is 0.472 e. The smallest absolute Gasteiger partial charge is 0.463 e. The molecule has 113 heavy (non-hydrogen) atoms. The second-order valence-electron chi connectivity index (χ2n) is 29.3. The number of aliphatic hydroxyl groups is 2. The molecule has 5 unspecified atom stereocenters. The van der Waals surface area contributed by atoms with Gasteiger partial charge in [-0.15, -0.1) is 0 Å². The van der Waals surface area contributed by atoms with Gasteiger partial charge in [-0.3, -0.25) is 32.5 Å². The molecule has 0 saturated carbocycles. The molecule has 5 atom stereocenters. The van der Waals surface area contributed by atoms with Crippen LogP contribution in [-0.2, 0) is 55.8 Å². The molecule has 0 saturated heterocycles. The molecule has 0 aliphatic heterocycles. The van der Waals surface area contributed by atoms with Crippen molar-refractivity contribution in [3.8, 4) is 0 Å². The van der Waals surface area contributed by atoms with Crippen molar-refractivity contribution in [2.24, 2.45) is 0 Å². The van der Waals surface area contributed by atoms with Gasteiger partial charge in [-0.1, -0.05) is 345 Å². The molecule has 0 rings (SSSR count). The monoisotopic (exact) mass is 1620 g/mol. The normalized spacial score (nSPS) is 14.6. The van der Waals surface area contributed by atoms with Crippen molar-refractivity contribution < 1.29 is 75.8 Å². The van der Waals surface area contributed by atoms with Gasteiger partial charge in [-0.05, 0) is 161 Å². The zero-order chi connectivity index (χ0) is 82.2. The molecule has 0 heterocycles. The number of ether oxygens (including phenoxy) is 3. The molecule has 0 aromatic rings. The van der Waals surface area contributed by atoms with Gasteiger partial charge in [-0.2, -0.15) is 0 Å². The fourth-order valence-electron chi connectivity index (χ4n) is 11.7. The number of phosphoric ester groups is 2. The highest BCUT2D eigenvalue weighted by molar-refractivity contribution is 7.47. The highest BCUT2D eigenvalue weighted by atomic mass is 31.2. The van der Waals surface area contributed by atoms with Crippen LogP contribution in [0.15, 0.2) is 170 Å². The lowest BCUT2D eigenvalue weighted by Gasteiger charge is -2.21. The van der Waals surface area contributed by atoms with Gasteiger partial charge in [0.05, 0.1) is 26.4 Å². The van der Waals surface area contributed by atoms with Gasteiger partial charge >= 0.3 is 33.6 Å². The zero-order valence-corrected chi connectivity index (χ0v) is 72.8. The summed E-state index contributed by atoms with van der Waals surface area (Å²) in [6.07, 6.45) is 111. The Morgan fingerprint density at radius 2 is 0.469 bits per heavy atom. The summed E-state index contributed by atoms with van der Waals surface area (Å²) in [6.45, 7) is 2.51. The van der Waals surface area contributed by atoms with E-state index in [9.17, 15) is 43.5 Å². The Morgan fingerprint density at radius 3 is 0.743 bits per heavy atom. The quantitative estimate of drug-likeness (QED) is 0.0146. The molecule has 646 valence electrons. The van der Waals surface area contributed by atoms with E-state index in [1.807, 2.05) is 0 Å². The maximum absolute atomic E-state index is 13.1. The number of aliphatic hydroxyl groups excluding tert-OH is 2. The Morgan fingerprint density at radius 1 is 0.257 bits per heavy atom. The molecule has 18 heteroatoms. The molecule has 0 aliphatic carbocycles. The van der Waals surface area contributed by atoms with E-state index in [1.54, 1.807) is 0 Å². The summed E-state index contributed by atoms with van der Waals surface area (Å²) < 4.78 is 61.4. The van der Waals surface area contributed by atoms with Crippen LogP contribution in [0.5, 0.6) is 0 Å². The number of allylic oxidation sites excluding steroid dienone is 28. The van der Waals surface area contributed by atoms with Gasteiger partial charge in [-0.25, -0.2) is 9.13 Å². The second kappa shape index (κ2) is 86.3. The minimum atomic E-state index is -4.95. The molecule has 0 fully saturated rings. The average Bonchev–Trinajstić information content (AvgIpc) is 0.915. The van der Waals surface area contributed by atoms with Gasteiger partial charge in [0, 0.05) is 19.3 Å². The molecule has 0 radical (unpaired) electrons. The van der Waals surface area contributed by atoms with Crippen LogP contribution in [0.4, 0.5) is 0 Å². The fourth-order valence-corrected chi connectivity index (χ4v) is 13.2. The molecule has 0 aliphatic rings. The van der Waals surface area contributed by atoms with Crippen LogP contribution in [0.25, 0.3) is 0 Å². The Labute approximate surface area is 688 Å². The van der Waals surface area contributed by atoms with E-state index < -0.39 is 91.5 Å². The van der Waals surface area contributed by atoms with Gasteiger partial charge in [0.15, 0.2) is 6.10 Å². The number of phosphoric acid groups is 2.